The highest BCUT2D eigenvalue weighted by Crippen LogP contribution is 2.30. The van der Waals surface area contributed by atoms with Gasteiger partial charge in [0, 0.05) is 37.5 Å². The van der Waals surface area contributed by atoms with Crippen molar-refractivity contribution in [1.82, 2.24) is 14.3 Å². The Morgan fingerprint density at radius 1 is 1.48 bits per heavy atom. The Balaban J connectivity index is 1.61. The van der Waals surface area contributed by atoms with E-state index in [2.05, 4.69) is 4.98 Å². The monoisotopic (exact) mass is 315 g/mol. The topological polar surface area (TPSA) is 56.1 Å². The zero-order chi connectivity index (χ0) is 16.0. The number of pyridine rings is 1. The van der Waals surface area contributed by atoms with Crippen LogP contribution in [0.3, 0.4) is 0 Å². The van der Waals surface area contributed by atoms with E-state index in [1.807, 2.05) is 47.7 Å². The molecule has 2 aliphatic rings. The van der Waals surface area contributed by atoms with E-state index in [1.165, 1.54) is 0 Å². The first-order valence-electron chi connectivity index (χ1n) is 8.05. The fraction of sp³-hybridized carbons (Fsp3) is 0.529. The number of hydrogen-bond donors (Lipinski definition) is 0. The summed E-state index contributed by atoms with van der Waals surface area (Å²) in [5.74, 6) is 0.0366. The first-order valence-corrected chi connectivity index (χ1v) is 8.05. The van der Waals surface area contributed by atoms with Gasteiger partial charge in [-0.3, -0.25) is 4.79 Å². The van der Waals surface area contributed by atoms with Crippen molar-refractivity contribution in [3.05, 3.63) is 35.8 Å². The lowest BCUT2D eigenvalue weighted by molar-refractivity contribution is -0.138. The van der Waals surface area contributed by atoms with Crippen molar-refractivity contribution in [2.75, 3.05) is 26.3 Å². The van der Waals surface area contributed by atoms with Gasteiger partial charge in [0.15, 0.2) is 0 Å². The van der Waals surface area contributed by atoms with Gasteiger partial charge in [-0.1, -0.05) is 0 Å². The Labute approximate surface area is 135 Å². The first kappa shape index (κ1) is 14.7. The Kier molecular flexibility index (Phi) is 3.39. The molecule has 0 saturated carbocycles. The first-order chi connectivity index (χ1) is 11.0. The number of nitrogens with zero attached hydrogens (tertiary/aromatic N) is 3. The van der Waals surface area contributed by atoms with E-state index in [4.69, 9.17) is 9.47 Å². The number of aryl methyl sites for hydroxylation is 1. The van der Waals surface area contributed by atoms with E-state index in [9.17, 15) is 4.79 Å². The molecule has 4 heterocycles. The van der Waals surface area contributed by atoms with Gasteiger partial charge in [-0.15, -0.1) is 0 Å². The Morgan fingerprint density at radius 3 is 3.13 bits per heavy atom. The van der Waals surface area contributed by atoms with Crippen LogP contribution in [-0.4, -0.2) is 58.2 Å². The molecule has 2 atom stereocenters. The predicted octanol–water partition coefficient (Wildman–Crippen LogP) is 1.66. The van der Waals surface area contributed by atoms with Crippen molar-refractivity contribution in [2.45, 2.75) is 32.0 Å². The summed E-state index contributed by atoms with van der Waals surface area (Å²) in [6.07, 6.45) is 4.71. The summed E-state index contributed by atoms with van der Waals surface area (Å²) in [5.41, 5.74) is 2.08. The molecule has 2 unspecified atom stereocenters. The standard InChI is InChI=1S/C17H21N3O3/c1-12-8-19-5-3-14(7-15(19)18-12)16(21)20-9-13(2)23-17(10-20)4-6-22-11-17/h3,5,7-8,13H,4,6,9-11H2,1-2H3. The highest BCUT2D eigenvalue weighted by Gasteiger charge is 2.44. The number of rotatable bonds is 1. The number of fused-ring (bicyclic) bond motifs is 1. The molecule has 0 radical (unpaired) electrons. The van der Waals surface area contributed by atoms with Crippen molar-refractivity contribution >= 4 is 11.6 Å². The average molecular weight is 315 g/mol. The zero-order valence-corrected chi connectivity index (χ0v) is 13.5. The number of carbonyl (C=O) groups excluding carboxylic acids is 1. The van der Waals surface area contributed by atoms with Crippen molar-refractivity contribution in [3.8, 4) is 0 Å². The molecule has 0 bridgehead atoms. The van der Waals surface area contributed by atoms with Gasteiger partial charge in [-0.25, -0.2) is 4.98 Å². The maximum Gasteiger partial charge on any atom is 0.254 e. The van der Waals surface area contributed by atoms with Crippen LogP contribution in [0.25, 0.3) is 5.65 Å². The minimum atomic E-state index is -0.332. The Morgan fingerprint density at radius 2 is 2.35 bits per heavy atom. The third-order valence-electron chi connectivity index (χ3n) is 4.59. The molecule has 2 aliphatic heterocycles. The van der Waals surface area contributed by atoms with Crippen molar-refractivity contribution in [1.29, 1.82) is 0 Å². The Bertz CT molecular complexity index is 749. The van der Waals surface area contributed by atoms with Gasteiger partial charge < -0.3 is 18.8 Å². The van der Waals surface area contributed by atoms with Crippen LogP contribution in [0.15, 0.2) is 24.5 Å². The van der Waals surface area contributed by atoms with Gasteiger partial charge in [0.2, 0.25) is 0 Å². The molecule has 2 aromatic rings. The number of aromatic nitrogens is 2. The van der Waals surface area contributed by atoms with Crippen LogP contribution in [0.5, 0.6) is 0 Å². The van der Waals surface area contributed by atoms with Crippen LogP contribution < -0.4 is 0 Å². The van der Waals surface area contributed by atoms with E-state index < -0.39 is 0 Å². The maximum absolute atomic E-state index is 12.9. The van der Waals surface area contributed by atoms with Crippen LogP contribution in [-0.2, 0) is 9.47 Å². The molecule has 1 amide bonds. The summed E-state index contributed by atoms with van der Waals surface area (Å²) in [6.45, 7) is 6.43. The molecule has 0 aromatic carbocycles. The predicted molar refractivity (Wildman–Crippen MR) is 84.5 cm³/mol. The average Bonchev–Trinajstić information content (AvgIpc) is 3.10. The highest BCUT2D eigenvalue weighted by atomic mass is 16.6. The summed E-state index contributed by atoms with van der Waals surface area (Å²) in [4.78, 5) is 19.3. The molecule has 6 nitrogen and oxygen atoms in total. The molecule has 0 N–H and O–H groups in total. The molecule has 1 spiro atoms. The molecule has 23 heavy (non-hydrogen) atoms. The summed E-state index contributed by atoms with van der Waals surface area (Å²) in [7, 11) is 0. The largest absolute Gasteiger partial charge is 0.378 e. The number of imidazole rings is 1. The van der Waals surface area contributed by atoms with Gasteiger partial charge in [0.1, 0.15) is 11.2 Å². The summed E-state index contributed by atoms with van der Waals surface area (Å²) < 4.78 is 13.5. The lowest BCUT2D eigenvalue weighted by Crippen LogP contribution is -2.57. The van der Waals surface area contributed by atoms with E-state index in [1.54, 1.807) is 0 Å². The summed E-state index contributed by atoms with van der Waals surface area (Å²) in [6, 6.07) is 3.71. The molecular weight excluding hydrogens is 294 g/mol. The van der Waals surface area contributed by atoms with E-state index >= 15 is 0 Å². The van der Waals surface area contributed by atoms with E-state index in [0.29, 0.717) is 31.9 Å². The Hall–Kier alpha value is -1.92. The fourth-order valence-electron chi connectivity index (χ4n) is 3.61. The minimum Gasteiger partial charge on any atom is -0.378 e. The van der Waals surface area contributed by atoms with Gasteiger partial charge in [0.05, 0.1) is 24.9 Å². The lowest BCUT2D eigenvalue weighted by atomic mass is 9.98. The zero-order valence-electron chi connectivity index (χ0n) is 13.5. The van der Waals surface area contributed by atoms with Crippen LogP contribution in [0.4, 0.5) is 0 Å². The SMILES string of the molecule is Cc1cn2ccc(C(=O)N3CC(C)OC4(CCOC4)C3)cc2n1. The summed E-state index contributed by atoms with van der Waals surface area (Å²) in [5, 5.41) is 0. The molecule has 0 aliphatic carbocycles. The van der Waals surface area contributed by atoms with Crippen LogP contribution in [0.1, 0.15) is 29.4 Å². The van der Waals surface area contributed by atoms with Gasteiger partial charge in [0.25, 0.3) is 5.91 Å². The normalized spacial score (nSPS) is 27.9. The van der Waals surface area contributed by atoms with Crippen LogP contribution >= 0.6 is 0 Å². The number of carbonyl (C=O) groups is 1. The third kappa shape index (κ3) is 2.62. The molecule has 122 valence electrons. The fourth-order valence-corrected chi connectivity index (χ4v) is 3.61. The smallest absolute Gasteiger partial charge is 0.254 e. The number of ether oxygens (including phenoxy) is 2. The van der Waals surface area contributed by atoms with Gasteiger partial charge >= 0.3 is 0 Å². The van der Waals surface area contributed by atoms with Crippen LogP contribution in [0, 0.1) is 6.92 Å². The second-order valence-electron chi connectivity index (χ2n) is 6.66. The van der Waals surface area contributed by atoms with Gasteiger partial charge in [-0.2, -0.15) is 0 Å². The third-order valence-corrected chi connectivity index (χ3v) is 4.59. The second kappa shape index (κ2) is 5.32. The molecular formula is C17H21N3O3. The quantitative estimate of drug-likeness (QED) is 0.803. The number of amides is 1. The molecule has 4 rings (SSSR count). The van der Waals surface area contributed by atoms with Crippen LogP contribution in [0.2, 0.25) is 0 Å². The second-order valence-corrected chi connectivity index (χ2v) is 6.66. The molecule has 6 heteroatoms. The van der Waals surface area contributed by atoms with E-state index in [0.717, 1.165) is 17.8 Å². The van der Waals surface area contributed by atoms with E-state index in [-0.39, 0.29) is 17.6 Å². The minimum absolute atomic E-state index is 0.0202. The van der Waals surface area contributed by atoms with Gasteiger partial charge in [-0.05, 0) is 26.0 Å². The molecule has 2 fully saturated rings. The highest BCUT2D eigenvalue weighted by molar-refractivity contribution is 5.95. The molecule has 2 saturated heterocycles. The molecule has 2 aromatic heterocycles. The van der Waals surface area contributed by atoms with Crippen molar-refractivity contribution in [3.63, 3.8) is 0 Å². The number of morpholine rings is 1. The summed E-state index contributed by atoms with van der Waals surface area (Å²) >= 11 is 0. The number of hydrogen-bond acceptors (Lipinski definition) is 4. The van der Waals surface area contributed by atoms with Crippen molar-refractivity contribution in [2.24, 2.45) is 0 Å². The maximum atomic E-state index is 12.9. The van der Waals surface area contributed by atoms with Crippen molar-refractivity contribution < 1.29 is 14.3 Å². The lowest BCUT2D eigenvalue weighted by Gasteiger charge is -2.42.